The fourth-order valence-corrected chi connectivity index (χ4v) is 1.19. The van der Waals surface area contributed by atoms with Crippen LogP contribution in [0.1, 0.15) is 5.56 Å². The van der Waals surface area contributed by atoms with Crippen LogP contribution >= 0.6 is 15.9 Å². The van der Waals surface area contributed by atoms with Crippen molar-refractivity contribution < 1.29 is 4.92 Å². The van der Waals surface area contributed by atoms with E-state index in [0.29, 0.717) is 11.9 Å². The number of nitriles is 1. The fraction of sp³-hybridized carbons (Fsp3) is 0.333. The Labute approximate surface area is 82.0 Å². The van der Waals surface area contributed by atoms with Crippen LogP contribution in [-0.2, 0) is 6.54 Å². The van der Waals surface area contributed by atoms with Gasteiger partial charge in [0.1, 0.15) is 6.07 Å². The molecule has 0 fully saturated rings. The maximum Gasteiger partial charge on any atom is 0.407 e. The molecule has 0 saturated heterocycles. The van der Waals surface area contributed by atoms with Gasteiger partial charge in [-0.3, -0.25) is 0 Å². The van der Waals surface area contributed by atoms with Crippen LogP contribution in [-0.4, -0.2) is 20.0 Å². The summed E-state index contributed by atoms with van der Waals surface area (Å²) in [6.45, 7) is 0.502. The molecule has 0 spiro atoms. The summed E-state index contributed by atoms with van der Waals surface area (Å²) in [6.07, 6.45) is 1.36. The average Bonchev–Trinajstić information content (AvgIpc) is 2.48. The number of alkyl halides is 1. The van der Waals surface area contributed by atoms with Gasteiger partial charge in [0, 0.05) is 5.33 Å². The third kappa shape index (κ3) is 2.03. The molecule has 1 aromatic heterocycles. The zero-order chi connectivity index (χ0) is 9.84. The SMILES string of the molecule is N#Cc1cn(CCBr)nc1[N+](=O)[O-]. The van der Waals surface area contributed by atoms with Crippen LogP contribution in [0.15, 0.2) is 6.20 Å². The summed E-state index contributed by atoms with van der Waals surface area (Å²) in [5, 5.41) is 23.2. The number of hydrogen-bond donors (Lipinski definition) is 0. The van der Waals surface area contributed by atoms with E-state index in [0.717, 1.165) is 0 Å². The van der Waals surface area contributed by atoms with Gasteiger partial charge in [0.2, 0.25) is 0 Å². The molecule has 0 N–H and O–H groups in total. The van der Waals surface area contributed by atoms with Gasteiger partial charge in [-0.1, -0.05) is 15.9 Å². The highest BCUT2D eigenvalue weighted by atomic mass is 79.9. The van der Waals surface area contributed by atoms with Crippen LogP contribution in [0.2, 0.25) is 0 Å². The second-order valence-corrected chi connectivity index (χ2v) is 2.98. The summed E-state index contributed by atoms with van der Waals surface area (Å²) in [4.78, 5) is 9.70. The van der Waals surface area contributed by atoms with Gasteiger partial charge in [-0.15, -0.1) is 0 Å². The number of aryl methyl sites for hydroxylation is 1. The van der Waals surface area contributed by atoms with E-state index in [1.165, 1.54) is 10.9 Å². The third-order valence-corrected chi connectivity index (χ3v) is 1.70. The molecule has 0 radical (unpaired) electrons. The van der Waals surface area contributed by atoms with Crippen molar-refractivity contribution in [3.05, 3.63) is 21.9 Å². The first-order valence-electron chi connectivity index (χ1n) is 3.37. The highest BCUT2D eigenvalue weighted by Gasteiger charge is 2.19. The highest BCUT2D eigenvalue weighted by Crippen LogP contribution is 2.13. The zero-order valence-electron chi connectivity index (χ0n) is 6.47. The predicted molar refractivity (Wildman–Crippen MR) is 47.4 cm³/mol. The molecule has 68 valence electrons. The molecule has 0 saturated carbocycles. The first kappa shape index (κ1) is 9.67. The van der Waals surface area contributed by atoms with Crippen LogP contribution in [0.25, 0.3) is 0 Å². The lowest BCUT2D eigenvalue weighted by atomic mass is 10.4. The van der Waals surface area contributed by atoms with E-state index in [-0.39, 0.29) is 11.4 Å². The van der Waals surface area contributed by atoms with E-state index in [9.17, 15) is 10.1 Å². The highest BCUT2D eigenvalue weighted by molar-refractivity contribution is 9.09. The lowest BCUT2D eigenvalue weighted by molar-refractivity contribution is -0.390. The average molecular weight is 245 g/mol. The van der Waals surface area contributed by atoms with Crippen molar-refractivity contribution in [2.24, 2.45) is 0 Å². The smallest absolute Gasteiger partial charge is 0.358 e. The van der Waals surface area contributed by atoms with Crippen molar-refractivity contribution in [1.29, 1.82) is 5.26 Å². The molecule has 0 aliphatic carbocycles. The van der Waals surface area contributed by atoms with E-state index in [4.69, 9.17) is 5.26 Å². The maximum atomic E-state index is 10.4. The number of nitro groups is 1. The molecule has 0 aliphatic heterocycles. The minimum atomic E-state index is -0.663. The van der Waals surface area contributed by atoms with Gasteiger partial charge in [-0.05, 0) is 4.92 Å². The number of nitrogens with zero attached hydrogens (tertiary/aromatic N) is 4. The van der Waals surface area contributed by atoms with Crippen LogP contribution in [0.3, 0.4) is 0 Å². The molecule has 13 heavy (non-hydrogen) atoms. The van der Waals surface area contributed by atoms with Crippen molar-refractivity contribution in [1.82, 2.24) is 9.78 Å². The zero-order valence-corrected chi connectivity index (χ0v) is 8.06. The van der Waals surface area contributed by atoms with E-state index < -0.39 is 4.92 Å². The molecular formula is C6H5BrN4O2. The summed E-state index contributed by atoms with van der Waals surface area (Å²) >= 11 is 3.17. The minimum Gasteiger partial charge on any atom is -0.358 e. The van der Waals surface area contributed by atoms with Crippen molar-refractivity contribution in [2.45, 2.75) is 6.54 Å². The lowest BCUT2D eigenvalue weighted by Gasteiger charge is -1.87. The summed E-state index contributed by atoms with van der Waals surface area (Å²) in [5.41, 5.74) is -0.00838. The Kier molecular flexibility index (Phi) is 2.97. The van der Waals surface area contributed by atoms with Gasteiger partial charge in [0.25, 0.3) is 0 Å². The minimum absolute atomic E-state index is 0.00838. The molecular weight excluding hydrogens is 240 g/mol. The Morgan fingerprint density at radius 1 is 1.85 bits per heavy atom. The van der Waals surface area contributed by atoms with Crippen LogP contribution in [0.4, 0.5) is 5.82 Å². The van der Waals surface area contributed by atoms with Crippen molar-refractivity contribution in [3.63, 3.8) is 0 Å². The van der Waals surface area contributed by atoms with Crippen molar-refractivity contribution >= 4 is 21.7 Å². The second-order valence-electron chi connectivity index (χ2n) is 2.19. The summed E-state index contributed by atoms with van der Waals surface area (Å²) < 4.78 is 1.37. The monoisotopic (exact) mass is 244 g/mol. The lowest BCUT2D eigenvalue weighted by Crippen LogP contribution is -2.00. The van der Waals surface area contributed by atoms with Gasteiger partial charge in [0.05, 0.1) is 17.8 Å². The van der Waals surface area contributed by atoms with E-state index in [2.05, 4.69) is 21.0 Å². The third-order valence-electron chi connectivity index (χ3n) is 1.35. The van der Waals surface area contributed by atoms with Crippen LogP contribution < -0.4 is 0 Å². The topological polar surface area (TPSA) is 84.8 Å². The Morgan fingerprint density at radius 2 is 2.54 bits per heavy atom. The van der Waals surface area contributed by atoms with Crippen LogP contribution in [0.5, 0.6) is 0 Å². The summed E-state index contributed by atoms with van der Waals surface area (Å²) in [5.74, 6) is -0.386. The molecule has 1 heterocycles. The number of hydrogen-bond acceptors (Lipinski definition) is 4. The molecule has 1 aromatic rings. The summed E-state index contributed by atoms with van der Waals surface area (Å²) in [6, 6.07) is 1.72. The molecule has 6 nitrogen and oxygen atoms in total. The Balaban J connectivity index is 3.06. The van der Waals surface area contributed by atoms with E-state index >= 15 is 0 Å². The van der Waals surface area contributed by atoms with Gasteiger partial charge in [0.15, 0.2) is 5.56 Å². The second kappa shape index (κ2) is 4.00. The number of aromatic nitrogens is 2. The Morgan fingerprint density at radius 3 is 2.92 bits per heavy atom. The van der Waals surface area contributed by atoms with Crippen LogP contribution in [0, 0.1) is 21.4 Å². The molecule has 1 rings (SSSR count). The number of rotatable bonds is 3. The maximum absolute atomic E-state index is 10.4. The predicted octanol–water partition coefficient (Wildman–Crippen LogP) is 1.06. The molecule has 0 bridgehead atoms. The molecule has 0 aliphatic rings. The van der Waals surface area contributed by atoms with Crippen molar-refractivity contribution in [3.8, 4) is 6.07 Å². The van der Waals surface area contributed by atoms with E-state index in [1.54, 1.807) is 6.07 Å². The first-order chi connectivity index (χ1) is 6.19. The molecule has 0 amide bonds. The largest absolute Gasteiger partial charge is 0.407 e. The Bertz CT molecular complexity index is 367. The summed E-state index contributed by atoms with van der Waals surface area (Å²) in [7, 11) is 0. The first-order valence-corrected chi connectivity index (χ1v) is 4.49. The van der Waals surface area contributed by atoms with Gasteiger partial charge in [-0.2, -0.15) is 9.94 Å². The quantitative estimate of drug-likeness (QED) is 0.452. The molecule has 0 aromatic carbocycles. The fourth-order valence-electron chi connectivity index (χ4n) is 0.826. The van der Waals surface area contributed by atoms with Crippen molar-refractivity contribution in [2.75, 3.05) is 5.33 Å². The standard InChI is InChI=1S/C6H5BrN4O2/c7-1-2-10-4-5(3-8)6(9-10)11(12)13/h4H,1-2H2. The molecule has 7 heteroatoms. The van der Waals surface area contributed by atoms with Gasteiger partial charge in [-0.25, -0.2) is 0 Å². The Hall–Kier alpha value is -1.42. The van der Waals surface area contributed by atoms with E-state index in [1.807, 2.05) is 0 Å². The van der Waals surface area contributed by atoms with Gasteiger partial charge >= 0.3 is 5.82 Å². The molecule has 0 atom stereocenters. The molecule has 0 unspecified atom stereocenters. The normalized spacial score (nSPS) is 9.54. The van der Waals surface area contributed by atoms with Gasteiger partial charge < -0.3 is 10.1 Å². The number of halogens is 1.